The van der Waals surface area contributed by atoms with Gasteiger partial charge in [-0.1, -0.05) is 25.5 Å². The lowest BCUT2D eigenvalue weighted by atomic mass is 10.1. The molecule has 1 amide bonds. The molecule has 2 aromatic carbocycles. The van der Waals surface area contributed by atoms with E-state index >= 15 is 0 Å². The molecule has 0 fully saturated rings. The first-order valence-corrected chi connectivity index (χ1v) is 8.54. The molecular formula is C20H27N3O. The van der Waals surface area contributed by atoms with Gasteiger partial charge < -0.3 is 16.0 Å². The number of nitrogens with two attached hydrogens (primary N) is 1. The smallest absolute Gasteiger partial charge is 0.251 e. The highest BCUT2D eigenvalue weighted by Crippen LogP contribution is 2.14. The Hall–Kier alpha value is -2.49. The maximum absolute atomic E-state index is 12.2. The number of benzene rings is 2. The van der Waals surface area contributed by atoms with Gasteiger partial charge in [-0.05, 0) is 54.8 Å². The van der Waals surface area contributed by atoms with E-state index < -0.39 is 0 Å². The van der Waals surface area contributed by atoms with E-state index in [0.29, 0.717) is 12.1 Å². The first-order valence-electron chi connectivity index (χ1n) is 8.54. The molecule has 0 aliphatic heterocycles. The van der Waals surface area contributed by atoms with Gasteiger partial charge in [-0.25, -0.2) is 0 Å². The fourth-order valence-electron chi connectivity index (χ4n) is 2.50. The zero-order valence-corrected chi connectivity index (χ0v) is 14.6. The number of unbranched alkanes of at least 4 members (excludes halogenated alkanes) is 1. The van der Waals surface area contributed by atoms with Crippen molar-refractivity contribution in [2.24, 2.45) is 0 Å². The minimum Gasteiger partial charge on any atom is -0.399 e. The number of hydrogen-bond acceptors (Lipinski definition) is 3. The molecule has 3 N–H and O–H groups in total. The van der Waals surface area contributed by atoms with E-state index in [2.05, 4.69) is 24.2 Å². The predicted octanol–water partition coefficient (Wildman–Crippen LogP) is 3.48. The van der Waals surface area contributed by atoms with Crippen molar-refractivity contribution < 1.29 is 4.79 Å². The van der Waals surface area contributed by atoms with Crippen LogP contribution in [0.2, 0.25) is 0 Å². The number of nitrogens with zero attached hydrogens (tertiary/aromatic N) is 1. The lowest BCUT2D eigenvalue weighted by Gasteiger charge is -2.19. The molecule has 0 aromatic heterocycles. The van der Waals surface area contributed by atoms with E-state index in [9.17, 15) is 4.79 Å². The van der Waals surface area contributed by atoms with Crippen LogP contribution in [0, 0.1) is 0 Å². The average Bonchev–Trinajstić information content (AvgIpc) is 2.61. The van der Waals surface area contributed by atoms with Gasteiger partial charge in [0.15, 0.2) is 0 Å². The van der Waals surface area contributed by atoms with Crippen LogP contribution in [0.4, 0.5) is 11.4 Å². The molecule has 4 heteroatoms. The van der Waals surface area contributed by atoms with E-state index in [1.54, 1.807) is 0 Å². The first kappa shape index (κ1) is 17.9. The van der Waals surface area contributed by atoms with E-state index in [1.807, 2.05) is 48.5 Å². The maximum atomic E-state index is 12.2. The molecule has 0 aliphatic rings. The van der Waals surface area contributed by atoms with Gasteiger partial charge in [0.05, 0.1) is 0 Å². The molecule has 2 aromatic rings. The molecule has 4 nitrogen and oxygen atoms in total. The summed E-state index contributed by atoms with van der Waals surface area (Å²) in [6.45, 7) is 3.83. The van der Waals surface area contributed by atoms with Crippen LogP contribution < -0.4 is 16.0 Å². The van der Waals surface area contributed by atoms with Crippen LogP contribution >= 0.6 is 0 Å². The minimum atomic E-state index is -0.0341. The zero-order chi connectivity index (χ0) is 17.4. The molecule has 0 saturated carbocycles. The molecule has 0 aliphatic carbocycles. The Morgan fingerprint density at radius 2 is 1.75 bits per heavy atom. The highest BCUT2D eigenvalue weighted by atomic mass is 16.1. The topological polar surface area (TPSA) is 58.4 Å². The molecule has 0 bridgehead atoms. The number of rotatable bonds is 8. The van der Waals surface area contributed by atoms with Crippen molar-refractivity contribution in [2.45, 2.75) is 26.2 Å². The van der Waals surface area contributed by atoms with E-state index in [4.69, 9.17) is 5.73 Å². The molecular weight excluding hydrogens is 298 g/mol. The van der Waals surface area contributed by atoms with Crippen LogP contribution in [0.3, 0.4) is 0 Å². The summed E-state index contributed by atoms with van der Waals surface area (Å²) in [5, 5.41) is 2.96. The van der Waals surface area contributed by atoms with Gasteiger partial charge in [-0.15, -0.1) is 0 Å². The summed E-state index contributed by atoms with van der Waals surface area (Å²) in [4.78, 5) is 14.4. The van der Waals surface area contributed by atoms with Crippen molar-refractivity contribution in [1.82, 2.24) is 5.32 Å². The molecule has 0 spiro atoms. The highest BCUT2D eigenvalue weighted by Gasteiger charge is 2.06. The number of amides is 1. The fourth-order valence-corrected chi connectivity index (χ4v) is 2.50. The number of anilines is 2. The van der Waals surface area contributed by atoms with Crippen molar-refractivity contribution in [3.8, 4) is 0 Å². The summed E-state index contributed by atoms with van der Waals surface area (Å²) in [6, 6.07) is 15.5. The first-order chi connectivity index (χ1) is 11.6. The van der Waals surface area contributed by atoms with Crippen LogP contribution in [-0.4, -0.2) is 26.0 Å². The fraction of sp³-hybridized carbons (Fsp3) is 0.350. The molecule has 24 heavy (non-hydrogen) atoms. The summed E-state index contributed by atoms with van der Waals surface area (Å²) in [5.41, 5.74) is 9.42. The van der Waals surface area contributed by atoms with Gasteiger partial charge in [-0.3, -0.25) is 4.79 Å². The second kappa shape index (κ2) is 8.96. The van der Waals surface area contributed by atoms with Crippen molar-refractivity contribution in [2.75, 3.05) is 30.8 Å². The maximum Gasteiger partial charge on any atom is 0.251 e. The largest absolute Gasteiger partial charge is 0.399 e. The average molecular weight is 325 g/mol. The summed E-state index contributed by atoms with van der Waals surface area (Å²) >= 11 is 0. The predicted molar refractivity (Wildman–Crippen MR) is 102 cm³/mol. The van der Waals surface area contributed by atoms with Crippen molar-refractivity contribution >= 4 is 17.3 Å². The number of carbonyl (C=O) groups excluding carboxylic acids is 1. The molecule has 0 saturated heterocycles. The van der Waals surface area contributed by atoms with Gasteiger partial charge in [0.25, 0.3) is 5.91 Å². The number of nitrogens with one attached hydrogen (secondary N) is 1. The van der Waals surface area contributed by atoms with Gasteiger partial charge in [0.1, 0.15) is 0 Å². The third kappa shape index (κ3) is 5.30. The minimum absolute atomic E-state index is 0.0341. The van der Waals surface area contributed by atoms with Crippen LogP contribution in [0.1, 0.15) is 35.7 Å². The second-order valence-electron chi connectivity index (χ2n) is 6.07. The van der Waals surface area contributed by atoms with E-state index in [0.717, 1.165) is 29.9 Å². The third-order valence-electron chi connectivity index (χ3n) is 4.10. The summed E-state index contributed by atoms with van der Waals surface area (Å²) in [5.74, 6) is -0.0341. The zero-order valence-electron chi connectivity index (χ0n) is 14.6. The molecule has 0 radical (unpaired) electrons. The summed E-state index contributed by atoms with van der Waals surface area (Å²) < 4.78 is 0. The molecule has 0 atom stereocenters. The molecule has 128 valence electrons. The number of nitrogen functional groups attached to an aromatic ring is 1. The van der Waals surface area contributed by atoms with Crippen LogP contribution in [0.5, 0.6) is 0 Å². The number of carbonyl (C=O) groups is 1. The molecule has 0 heterocycles. The van der Waals surface area contributed by atoms with Crippen LogP contribution in [0.15, 0.2) is 48.5 Å². The normalized spacial score (nSPS) is 10.4. The van der Waals surface area contributed by atoms with E-state index in [1.165, 1.54) is 12.8 Å². The Labute approximate surface area is 144 Å². The number of hydrogen-bond donors (Lipinski definition) is 2. The van der Waals surface area contributed by atoms with E-state index in [-0.39, 0.29) is 5.91 Å². The third-order valence-corrected chi connectivity index (χ3v) is 4.10. The van der Waals surface area contributed by atoms with Gasteiger partial charge in [0, 0.05) is 37.1 Å². The van der Waals surface area contributed by atoms with Crippen molar-refractivity contribution in [1.29, 1.82) is 0 Å². The Balaban J connectivity index is 1.82. The summed E-state index contributed by atoms with van der Waals surface area (Å²) in [6.07, 6.45) is 3.15. The van der Waals surface area contributed by atoms with Gasteiger partial charge in [0.2, 0.25) is 0 Å². The molecule has 0 unspecified atom stereocenters. The highest BCUT2D eigenvalue weighted by molar-refractivity contribution is 5.94. The SMILES string of the molecule is CCCCN(C)c1ccc(C(=O)NCCc2ccc(N)cc2)cc1. The van der Waals surface area contributed by atoms with Crippen LogP contribution in [0.25, 0.3) is 0 Å². The van der Waals surface area contributed by atoms with Crippen molar-refractivity contribution in [3.05, 3.63) is 59.7 Å². The van der Waals surface area contributed by atoms with Gasteiger partial charge in [-0.2, -0.15) is 0 Å². The Bertz CT molecular complexity index is 635. The lowest BCUT2D eigenvalue weighted by Crippen LogP contribution is -2.25. The lowest BCUT2D eigenvalue weighted by molar-refractivity contribution is 0.0954. The quantitative estimate of drug-likeness (QED) is 0.731. The van der Waals surface area contributed by atoms with Crippen molar-refractivity contribution in [3.63, 3.8) is 0 Å². The summed E-state index contributed by atoms with van der Waals surface area (Å²) in [7, 11) is 2.08. The monoisotopic (exact) mass is 325 g/mol. The second-order valence-corrected chi connectivity index (χ2v) is 6.07. The molecule has 2 rings (SSSR count). The standard InChI is InChI=1S/C20H27N3O/c1-3-4-15-23(2)19-11-7-17(8-12-19)20(24)22-14-13-16-5-9-18(21)10-6-16/h5-12H,3-4,13-15,21H2,1-2H3,(H,22,24). The Kier molecular flexibility index (Phi) is 6.67. The Morgan fingerprint density at radius 3 is 2.38 bits per heavy atom. The van der Waals surface area contributed by atoms with Crippen LogP contribution in [-0.2, 0) is 6.42 Å². The Morgan fingerprint density at radius 1 is 1.08 bits per heavy atom. The van der Waals surface area contributed by atoms with Gasteiger partial charge >= 0.3 is 0 Å².